The summed E-state index contributed by atoms with van der Waals surface area (Å²) >= 11 is 5.87. The van der Waals surface area contributed by atoms with Crippen LogP contribution in [0.3, 0.4) is 0 Å². The zero-order valence-corrected chi connectivity index (χ0v) is 16.8. The summed E-state index contributed by atoms with van der Waals surface area (Å²) in [4.78, 5) is 38.8. The number of nitrogens with zero attached hydrogens (tertiary/aromatic N) is 1. The minimum atomic E-state index is -1.31. The smallest absolute Gasteiger partial charge is 0.325 e. The Balaban J connectivity index is 1.73. The van der Waals surface area contributed by atoms with Gasteiger partial charge in [-0.25, -0.2) is 9.18 Å². The molecule has 1 fully saturated rings. The molecule has 0 spiro atoms. The average Bonchev–Trinajstić information content (AvgIpc) is 2.94. The van der Waals surface area contributed by atoms with Gasteiger partial charge in [0.2, 0.25) is 5.91 Å². The van der Waals surface area contributed by atoms with Crippen LogP contribution >= 0.6 is 11.6 Å². The number of carbonyl (C=O) groups is 3. The van der Waals surface area contributed by atoms with Crippen molar-refractivity contribution >= 4 is 29.4 Å². The molecule has 29 heavy (non-hydrogen) atoms. The van der Waals surface area contributed by atoms with Crippen LogP contribution in [-0.4, -0.2) is 29.3 Å². The Hall–Kier alpha value is -2.93. The van der Waals surface area contributed by atoms with E-state index in [0.29, 0.717) is 10.6 Å². The summed E-state index contributed by atoms with van der Waals surface area (Å²) in [5.41, 5.74) is -0.00120. The van der Waals surface area contributed by atoms with Crippen molar-refractivity contribution in [3.05, 3.63) is 70.5 Å². The van der Waals surface area contributed by atoms with Crippen LogP contribution in [0.15, 0.2) is 48.5 Å². The minimum Gasteiger partial charge on any atom is -0.348 e. The van der Waals surface area contributed by atoms with Gasteiger partial charge in [-0.3, -0.25) is 14.5 Å². The number of nitrogens with one attached hydrogen (secondary N) is 2. The molecule has 0 saturated carbocycles. The van der Waals surface area contributed by atoms with Crippen molar-refractivity contribution in [2.24, 2.45) is 0 Å². The Labute approximate surface area is 173 Å². The lowest BCUT2D eigenvalue weighted by molar-refractivity contribution is -0.135. The molecule has 8 heteroatoms. The van der Waals surface area contributed by atoms with E-state index in [-0.39, 0.29) is 12.5 Å². The molecule has 2 atom stereocenters. The standard InChI is InChI=1S/C21H21ClFN3O3/c1-3-21(15-6-10-17(23)11-7-15)19(28)26(20(29)25-21)12-18(27)24-13(2)14-4-8-16(22)9-5-14/h4-11,13H,3,12H2,1-2H3,(H,24,27)(H,25,29)/t13-,21+/m0/s1. The molecular weight excluding hydrogens is 397 g/mol. The maximum absolute atomic E-state index is 13.3. The number of hydrogen-bond donors (Lipinski definition) is 2. The molecule has 0 aromatic heterocycles. The molecule has 2 aromatic rings. The highest BCUT2D eigenvalue weighted by Crippen LogP contribution is 2.32. The highest BCUT2D eigenvalue weighted by Gasteiger charge is 2.51. The lowest BCUT2D eigenvalue weighted by Gasteiger charge is -2.25. The molecule has 0 radical (unpaired) electrons. The van der Waals surface area contributed by atoms with Crippen LogP contribution in [0.25, 0.3) is 0 Å². The number of benzene rings is 2. The van der Waals surface area contributed by atoms with Crippen molar-refractivity contribution in [1.82, 2.24) is 15.5 Å². The van der Waals surface area contributed by atoms with E-state index >= 15 is 0 Å². The summed E-state index contributed by atoms with van der Waals surface area (Å²) in [5.74, 6) is -1.45. The van der Waals surface area contributed by atoms with Gasteiger partial charge in [-0.2, -0.15) is 0 Å². The number of halogens is 2. The third-order valence-electron chi connectivity index (χ3n) is 5.09. The second-order valence-electron chi connectivity index (χ2n) is 6.93. The molecule has 3 rings (SSSR count). The molecule has 2 aromatic carbocycles. The van der Waals surface area contributed by atoms with Gasteiger partial charge in [0.1, 0.15) is 17.9 Å². The topological polar surface area (TPSA) is 78.5 Å². The number of hydrogen-bond acceptors (Lipinski definition) is 3. The zero-order chi connectivity index (χ0) is 21.2. The van der Waals surface area contributed by atoms with E-state index in [1.807, 2.05) is 0 Å². The lowest BCUT2D eigenvalue weighted by Crippen LogP contribution is -2.45. The first-order valence-electron chi connectivity index (χ1n) is 9.22. The predicted molar refractivity (Wildman–Crippen MR) is 107 cm³/mol. The summed E-state index contributed by atoms with van der Waals surface area (Å²) in [7, 11) is 0. The van der Waals surface area contributed by atoms with Crippen molar-refractivity contribution in [2.75, 3.05) is 6.54 Å². The summed E-state index contributed by atoms with van der Waals surface area (Å²) in [6.45, 7) is 3.13. The van der Waals surface area contributed by atoms with E-state index in [0.717, 1.165) is 10.5 Å². The highest BCUT2D eigenvalue weighted by atomic mass is 35.5. The van der Waals surface area contributed by atoms with Gasteiger partial charge in [-0.05, 0) is 48.7 Å². The normalized spacial score (nSPS) is 19.8. The minimum absolute atomic E-state index is 0.266. The van der Waals surface area contributed by atoms with Crippen LogP contribution in [0.4, 0.5) is 9.18 Å². The van der Waals surface area contributed by atoms with E-state index in [2.05, 4.69) is 10.6 Å². The van der Waals surface area contributed by atoms with Crippen molar-refractivity contribution < 1.29 is 18.8 Å². The van der Waals surface area contributed by atoms with Crippen molar-refractivity contribution in [3.63, 3.8) is 0 Å². The first-order valence-corrected chi connectivity index (χ1v) is 9.59. The summed E-state index contributed by atoms with van der Waals surface area (Å²) in [6, 6.07) is 11.4. The van der Waals surface area contributed by atoms with Crippen LogP contribution in [-0.2, 0) is 15.1 Å². The maximum Gasteiger partial charge on any atom is 0.325 e. The number of amides is 4. The van der Waals surface area contributed by atoms with E-state index in [9.17, 15) is 18.8 Å². The molecule has 2 N–H and O–H groups in total. The fourth-order valence-corrected chi connectivity index (χ4v) is 3.54. The van der Waals surface area contributed by atoms with E-state index in [1.165, 1.54) is 24.3 Å². The quantitative estimate of drug-likeness (QED) is 0.706. The first-order chi connectivity index (χ1) is 13.8. The average molecular weight is 418 g/mol. The lowest BCUT2D eigenvalue weighted by atomic mass is 9.87. The van der Waals surface area contributed by atoms with Gasteiger partial charge in [0.15, 0.2) is 0 Å². The Bertz CT molecular complexity index is 933. The summed E-state index contributed by atoms with van der Waals surface area (Å²) in [6.07, 6.45) is 0.266. The van der Waals surface area contributed by atoms with E-state index < -0.39 is 35.7 Å². The molecule has 0 bridgehead atoms. The fourth-order valence-electron chi connectivity index (χ4n) is 3.41. The predicted octanol–water partition coefficient (Wildman–Crippen LogP) is 3.51. The molecule has 152 valence electrons. The zero-order valence-electron chi connectivity index (χ0n) is 16.0. The maximum atomic E-state index is 13.3. The van der Waals surface area contributed by atoms with Crippen LogP contribution < -0.4 is 10.6 Å². The van der Waals surface area contributed by atoms with Crippen molar-refractivity contribution in [3.8, 4) is 0 Å². The van der Waals surface area contributed by atoms with Gasteiger partial charge < -0.3 is 10.6 Å². The first kappa shape index (κ1) is 20.8. The molecule has 0 aliphatic carbocycles. The molecule has 1 heterocycles. The van der Waals surface area contributed by atoms with Crippen molar-refractivity contribution in [1.29, 1.82) is 0 Å². The Kier molecular flexibility index (Phi) is 5.88. The summed E-state index contributed by atoms with van der Waals surface area (Å²) < 4.78 is 13.3. The fraction of sp³-hybridized carbons (Fsp3) is 0.286. The van der Waals surface area contributed by atoms with Gasteiger partial charge >= 0.3 is 6.03 Å². The Morgan fingerprint density at radius 2 is 1.79 bits per heavy atom. The molecule has 4 amide bonds. The Morgan fingerprint density at radius 3 is 2.38 bits per heavy atom. The van der Waals surface area contributed by atoms with Crippen LogP contribution in [0.2, 0.25) is 5.02 Å². The largest absolute Gasteiger partial charge is 0.348 e. The van der Waals surface area contributed by atoms with Gasteiger partial charge in [-0.1, -0.05) is 42.8 Å². The number of carbonyl (C=O) groups excluding carboxylic acids is 3. The second kappa shape index (κ2) is 8.21. The molecule has 0 unspecified atom stereocenters. The summed E-state index contributed by atoms with van der Waals surface area (Å²) in [5, 5.41) is 6.03. The Morgan fingerprint density at radius 1 is 1.17 bits per heavy atom. The van der Waals surface area contributed by atoms with Gasteiger partial charge in [0.05, 0.1) is 6.04 Å². The molecule has 6 nitrogen and oxygen atoms in total. The van der Waals surface area contributed by atoms with Crippen LogP contribution in [0.1, 0.15) is 37.4 Å². The van der Waals surface area contributed by atoms with Crippen molar-refractivity contribution in [2.45, 2.75) is 31.8 Å². The van der Waals surface area contributed by atoms with Crippen LogP contribution in [0, 0.1) is 5.82 Å². The number of rotatable bonds is 6. The molecule has 1 aliphatic rings. The SMILES string of the molecule is CC[C@]1(c2ccc(F)cc2)NC(=O)N(CC(=O)N[C@@H](C)c2ccc(Cl)cc2)C1=O. The second-order valence-corrected chi connectivity index (χ2v) is 7.36. The van der Waals surface area contributed by atoms with E-state index in [1.54, 1.807) is 38.1 Å². The number of urea groups is 1. The third-order valence-corrected chi connectivity index (χ3v) is 5.34. The highest BCUT2D eigenvalue weighted by molar-refractivity contribution is 6.30. The monoisotopic (exact) mass is 417 g/mol. The molecule has 1 aliphatic heterocycles. The van der Waals surface area contributed by atoms with E-state index in [4.69, 9.17) is 11.6 Å². The van der Waals surface area contributed by atoms with Crippen LogP contribution in [0.5, 0.6) is 0 Å². The van der Waals surface area contributed by atoms with Gasteiger partial charge in [-0.15, -0.1) is 0 Å². The number of imide groups is 1. The molecular formula is C21H21ClFN3O3. The van der Waals surface area contributed by atoms with Gasteiger partial charge in [0.25, 0.3) is 5.91 Å². The molecule has 1 saturated heterocycles. The van der Waals surface area contributed by atoms with Gasteiger partial charge in [0, 0.05) is 5.02 Å². The third kappa shape index (κ3) is 4.10.